The van der Waals surface area contributed by atoms with Crippen LogP contribution >= 0.6 is 0 Å². The molecule has 0 aromatic heterocycles. The fraction of sp³-hybridized carbons (Fsp3) is 1.00. The summed E-state index contributed by atoms with van der Waals surface area (Å²) in [6.45, 7) is 16.7. The normalized spacial score (nSPS) is 12.9. The van der Waals surface area contributed by atoms with Gasteiger partial charge in [-0.3, -0.25) is 0 Å². The van der Waals surface area contributed by atoms with Crippen LogP contribution in [0, 0.1) is 17.3 Å². The molecular formula is C18H39N. The average Bonchev–Trinajstić information content (AvgIpc) is 2.22. The predicted molar refractivity (Wildman–Crippen MR) is 88.7 cm³/mol. The van der Waals surface area contributed by atoms with Crippen LogP contribution in [0.5, 0.6) is 0 Å². The standard InChI is InChI=1S/C18H39N/c1-16(2)11-10-13-18(5,6)12-8-9-14-19(7)15-17(3)4/h16-17H,8-15H2,1-7H3. The van der Waals surface area contributed by atoms with E-state index < -0.39 is 0 Å². The summed E-state index contributed by atoms with van der Waals surface area (Å²) < 4.78 is 0. The van der Waals surface area contributed by atoms with Gasteiger partial charge in [-0.25, -0.2) is 0 Å². The number of unbranched alkanes of at least 4 members (excludes halogenated alkanes) is 1. The monoisotopic (exact) mass is 269 g/mol. The highest BCUT2D eigenvalue weighted by molar-refractivity contribution is 4.69. The largest absolute Gasteiger partial charge is 0.306 e. The van der Waals surface area contributed by atoms with Crippen molar-refractivity contribution in [2.24, 2.45) is 17.3 Å². The van der Waals surface area contributed by atoms with Crippen LogP contribution in [0.15, 0.2) is 0 Å². The van der Waals surface area contributed by atoms with Gasteiger partial charge in [0.25, 0.3) is 0 Å². The van der Waals surface area contributed by atoms with Gasteiger partial charge in [-0.05, 0) is 50.1 Å². The van der Waals surface area contributed by atoms with Crippen LogP contribution in [0.2, 0.25) is 0 Å². The molecule has 1 heteroatoms. The molecule has 19 heavy (non-hydrogen) atoms. The minimum absolute atomic E-state index is 0.547. The summed E-state index contributed by atoms with van der Waals surface area (Å²) in [6, 6.07) is 0. The number of nitrogens with zero attached hydrogens (tertiary/aromatic N) is 1. The summed E-state index contributed by atoms with van der Waals surface area (Å²) in [7, 11) is 2.26. The molecule has 0 radical (unpaired) electrons. The summed E-state index contributed by atoms with van der Waals surface area (Å²) in [5.41, 5.74) is 0.547. The first-order chi connectivity index (χ1) is 8.73. The van der Waals surface area contributed by atoms with Crippen molar-refractivity contribution in [1.29, 1.82) is 0 Å². The van der Waals surface area contributed by atoms with Gasteiger partial charge in [0, 0.05) is 6.54 Å². The number of hydrogen-bond donors (Lipinski definition) is 0. The third kappa shape index (κ3) is 12.7. The minimum Gasteiger partial charge on any atom is -0.306 e. The highest BCUT2D eigenvalue weighted by Crippen LogP contribution is 2.30. The summed E-state index contributed by atoms with van der Waals surface area (Å²) in [5.74, 6) is 1.65. The van der Waals surface area contributed by atoms with Gasteiger partial charge < -0.3 is 4.90 Å². The summed E-state index contributed by atoms with van der Waals surface area (Å²) >= 11 is 0. The molecule has 0 aliphatic heterocycles. The van der Waals surface area contributed by atoms with Crippen molar-refractivity contribution in [2.45, 2.75) is 80.1 Å². The smallest absolute Gasteiger partial charge is 0.000133 e. The fourth-order valence-corrected chi connectivity index (χ4v) is 2.81. The van der Waals surface area contributed by atoms with E-state index >= 15 is 0 Å². The van der Waals surface area contributed by atoms with Gasteiger partial charge in [0.15, 0.2) is 0 Å². The van der Waals surface area contributed by atoms with Gasteiger partial charge in [0.1, 0.15) is 0 Å². The molecule has 0 rings (SSSR count). The zero-order valence-electron chi connectivity index (χ0n) is 14.8. The van der Waals surface area contributed by atoms with Gasteiger partial charge in [0.05, 0.1) is 0 Å². The molecule has 0 aliphatic carbocycles. The van der Waals surface area contributed by atoms with E-state index in [1.54, 1.807) is 0 Å². The Kier molecular flexibility index (Phi) is 9.78. The highest BCUT2D eigenvalue weighted by atomic mass is 15.1. The Hall–Kier alpha value is -0.0400. The van der Waals surface area contributed by atoms with Crippen molar-refractivity contribution in [3.63, 3.8) is 0 Å². The second kappa shape index (κ2) is 9.80. The summed E-state index contributed by atoms with van der Waals surface area (Å²) in [4.78, 5) is 2.48. The van der Waals surface area contributed by atoms with Crippen molar-refractivity contribution < 1.29 is 0 Å². The topological polar surface area (TPSA) is 3.24 Å². The van der Waals surface area contributed by atoms with Crippen LogP contribution < -0.4 is 0 Å². The molecule has 0 fully saturated rings. The van der Waals surface area contributed by atoms with Crippen molar-refractivity contribution in [3.05, 3.63) is 0 Å². The second-order valence-corrected chi connectivity index (χ2v) is 8.06. The lowest BCUT2D eigenvalue weighted by Crippen LogP contribution is -2.24. The maximum absolute atomic E-state index is 2.48. The van der Waals surface area contributed by atoms with Crippen molar-refractivity contribution >= 4 is 0 Å². The highest BCUT2D eigenvalue weighted by Gasteiger charge is 2.17. The van der Waals surface area contributed by atoms with Crippen molar-refractivity contribution in [2.75, 3.05) is 20.1 Å². The lowest BCUT2D eigenvalue weighted by molar-refractivity contribution is 0.254. The Bertz CT molecular complexity index is 206. The molecular weight excluding hydrogens is 230 g/mol. The first-order valence-corrected chi connectivity index (χ1v) is 8.41. The Morgan fingerprint density at radius 3 is 1.95 bits per heavy atom. The molecule has 0 aromatic carbocycles. The molecule has 1 nitrogen and oxygen atoms in total. The van der Waals surface area contributed by atoms with Gasteiger partial charge >= 0.3 is 0 Å². The molecule has 0 saturated carbocycles. The lowest BCUT2D eigenvalue weighted by Gasteiger charge is -2.26. The van der Waals surface area contributed by atoms with Crippen molar-refractivity contribution in [1.82, 2.24) is 4.90 Å². The molecule has 0 N–H and O–H groups in total. The number of hydrogen-bond acceptors (Lipinski definition) is 1. The molecule has 0 aliphatic rings. The molecule has 0 unspecified atom stereocenters. The van der Waals surface area contributed by atoms with Crippen LogP contribution in [0.4, 0.5) is 0 Å². The molecule has 0 heterocycles. The Morgan fingerprint density at radius 2 is 1.42 bits per heavy atom. The Balaban J connectivity index is 3.62. The third-order valence-corrected chi connectivity index (χ3v) is 3.96. The Labute approximate surface area is 123 Å². The van der Waals surface area contributed by atoms with Crippen LogP contribution in [0.1, 0.15) is 80.1 Å². The fourth-order valence-electron chi connectivity index (χ4n) is 2.81. The van der Waals surface area contributed by atoms with Crippen LogP contribution in [0.25, 0.3) is 0 Å². The van der Waals surface area contributed by atoms with Crippen molar-refractivity contribution in [3.8, 4) is 0 Å². The van der Waals surface area contributed by atoms with E-state index in [-0.39, 0.29) is 0 Å². The van der Waals surface area contributed by atoms with Crippen LogP contribution in [-0.4, -0.2) is 25.0 Å². The Morgan fingerprint density at radius 1 is 0.842 bits per heavy atom. The molecule has 0 atom stereocenters. The van der Waals surface area contributed by atoms with Crippen LogP contribution in [0.3, 0.4) is 0 Å². The first kappa shape index (κ1) is 19.0. The molecule has 0 bridgehead atoms. The second-order valence-electron chi connectivity index (χ2n) is 8.06. The average molecular weight is 270 g/mol. The number of rotatable bonds is 11. The van der Waals surface area contributed by atoms with E-state index in [2.05, 4.69) is 53.5 Å². The van der Waals surface area contributed by atoms with E-state index in [0.717, 1.165) is 11.8 Å². The third-order valence-electron chi connectivity index (χ3n) is 3.96. The van der Waals surface area contributed by atoms with Gasteiger partial charge in [-0.2, -0.15) is 0 Å². The SMILES string of the molecule is CC(C)CCCC(C)(C)CCCCN(C)CC(C)C. The lowest BCUT2D eigenvalue weighted by atomic mass is 9.81. The van der Waals surface area contributed by atoms with E-state index in [9.17, 15) is 0 Å². The molecule has 0 spiro atoms. The molecule has 0 aromatic rings. The van der Waals surface area contributed by atoms with E-state index in [0.29, 0.717) is 5.41 Å². The molecule has 0 amide bonds. The zero-order chi connectivity index (χ0) is 14.9. The van der Waals surface area contributed by atoms with E-state index in [1.165, 1.54) is 51.6 Å². The molecule has 116 valence electrons. The van der Waals surface area contributed by atoms with Crippen LogP contribution in [-0.2, 0) is 0 Å². The predicted octanol–water partition coefficient (Wildman–Crippen LogP) is 5.60. The van der Waals surface area contributed by atoms with Gasteiger partial charge in [-0.1, -0.05) is 60.8 Å². The van der Waals surface area contributed by atoms with E-state index in [1.807, 2.05) is 0 Å². The van der Waals surface area contributed by atoms with E-state index in [4.69, 9.17) is 0 Å². The first-order valence-electron chi connectivity index (χ1n) is 8.41. The minimum atomic E-state index is 0.547. The zero-order valence-corrected chi connectivity index (χ0v) is 14.8. The summed E-state index contributed by atoms with van der Waals surface area (Å²) in [6.07, 6.45) is 8.32. The maximum Gasteiger partial charge on any atom is 0.000133 e. The maximum atomic E-state index is 2.48. The quantitative estimate of drug-likeness (QED) is 0.441. The van der Waals surface area contributed by atoms with Gasteiger partial charge in [0.2, 0.25) is 0 Å². The summed E-state index contributed by atoms with van der Waals surface area (Å²) in [5, 5.41) is 0. The molecule has 0 saturated heterocycles. The van der Waals surface area contributed by atoms with Gasteiger partial charge in [-0.15, -0.1) is 0 Å².